The van der Waals surface area contributed by atoms with Crippen LogP contribution < -0.4 is 10.1 Å². The lowest BCUT2D eigenvalue weighted by Gasteiger charge is -2.14. The quantitative estimate of drug-likeness (QED) is 0.906. The Kier molecular flexibility index (Phi) is 4.77. The maximum Gasteiger partial charge on any atom is 0.261 e. The Balaban J connectivity index is 1.85. The van der Waals surface area contributed by atoms with Crippen LogP contribution in [0.15, 0.2) is 54.6 Å². The summed E-state index contributed by atoms with van der Waals surface area (Å²) in [6.45, 7) is 4.30. The third-order valence-corrected chi connectivity index (χ3v) is 2.97. The largest absolute Gasteiger partial charge is 0.481 e. The number of benzene rings is 2. The van der Waals surface area contributed by atoms with Crippen LogP contribution in [0.2, 0.25) is 0 Å². The van der Waals surface area contributed by atoms with Crippen molar-refractivity contribution in [1.29, 1.82) is 0 Å². The van der Waals surface area contributed by atoms with Crippen LogP contribution in [0.5, 0.6) is 5.75 Å². The lowest BCUT2D eigenvalue weighted by atomic mass is 10.1. The molecule has 20 heavy (non-hydrogen) atoms. The van der Waals surface area contributed by atoms with E-state index in [0.717, 1.165) is 5.56 Å². The van der Waals surface area contributed by atoms with Gasteiger partial charge in [0.15, 0.2) is 6.10 Å². The summed E-state index contributed by atoms with van der Waals surface area (Å²) in [7, 11) is 0. The number of nitrogens with one attached hydrogen (secondary N) is 1. The fourth-order valence-electron chi connectivity index (χ4n) is 1.91. The molecule has 0 saturated heterocycles. The molecule has 0 heterocycles. The molecule has 0 aliphatic carbocycles. The second-order valence-corrected chi connectivity index (χ2v) is 4.78. The fourth-order valence-corrected chi connectivity index (χ4v) is 1.91. The van der Waals surface area contributed by atoms with Gasteiger partial charge in [0.25, 0.3) is 5.91 Å². The molecule has 0 aromatic heterocycles. The molecule has 1 N–H and O–H groups in total. The van der Waals surface area contributed by atoms with E-state index in [2.05, 4.69) is 11.4 Å². The van der Waals surface area contributed by atoms with Gasteiger partial charge in [0.2, 0.25) is 0 Å². The van der Waals surface area contributed by atoms with Gasteiger partial charge in [0.05, 0.1) is 0 Å². The molecule has 1 amide bonds. The van der Waals surface area contributed by atoms with Crippen LogP contribution in [0.4, 0.5) is 0 Å². The highest BCUT2D eigenvalue weighted by Gasteiger charge is 2.13. The van der Waals surface area contributed by atoms with Gasteiger partial charge in [-0.1, -0.05) is 48.0 Å². The van der Waals surface area contributed by atoms with Crippen molar-refractivity contribution < 1.29 is 9.53 Å². The minimum Gasteiger partial charge on any atom is -0.481 e. The molecule has 0 saturated carbocycles. The standard InChI is InChI=1S/C17H19NO2/c1-13-7-6-8-15(11-13)12-18-17(19)14(2)20-16-9-4-3-5-10-16/h3-11,14H,12H2,1-2H3,(H,18,19). The maximum absolute atomic E-state index is 12.0. The number of para-hydroxylation sites is 1. The van der Waals surface area contributed by atoms with E-state index in [1.54, 1.807) is 6.92 Å². The average molecular weight is 269 g/mol. The van der Waals surface area contributed by atoms with Gasteiger partial charge >= 0.3 is 0 Å². The van der Waals surface area contributed by atoms with Gasteiger partial charge in [-0.3, -0.25) is 4.79 Å². The van der Waals surface area contributed by atoms with Crippen molar-refractivity contribution in [3.05, 3.63) is 65.7 Å². The number of rotatable bonds is 5. The Morgan fingerprint density at radius 1 is 1.15 bits per heavy atom. The predicted molar refractivity (Wildman–Crippen MR) is 79.6 cm³/mol. The molecule has 0 fully saturated rings. The lowest BCUT2D eigenvalue weighted by molar-refractivity contribution is -0.127. The molecule has 2 aromatic rings. The van der Waals surface area contributed by atoms with Crippen molar-refractivity contribution in [3.63, 3.8) is 0 Å². The van der Waals surface area contributed by atoms with Crippen molar-refractivity contribution in [3.8, 4) is 5.75 Å². The molecule has 2 aromatic carbocycles. The van der Waals surface area contributed by atoms with Crippen molar-refractivity contribution in [2.45, 2.75) is 26.5 Å². The highest BCUT2D eigenvalue weighted by Crippen LogP contribution is 2.11. The third-order valence-electron chi connectivity index (χ3n) is 2.97. The summed E-state index contributed by atoms with van der Waals surface area (Å²) in [6.07, 6.45) is -0.512. The van der Waals surface area contributed by atoms with Crippen LogP contribution in [0.1, 0.15) is 18.1 Å². The summed E-state index contributed by atoms with van der Waals surface area (Å²) in [5.41, 5.74) is 2.27. The zero-order valence-electron chi connectivity index (χ0n) is 11.8. The average Bonchev–Trinajstić information content (AvgIpc) is 2.46. The minimum absolute atomic E-state index is 0.115. The molecule has 1 unspecified atom stereocenters. The second-order valence-electron chi connectivity index (χ2n) is 4.78. The molecule has 3 nitrogen and oxygen atoms in total. The van der Waals surface area contributed by atoms with E-state index in [1.165, 1.54) is 5.56 Å². The molecule has 3 heteroatoms. The normalized spacial score (nSPS) is 11.7. The number of hydrogen-bond acceptors (Lipinski definition) is 2. The molecule has 0 radical (unpaired) electrons. The van der Waals surface area contributed by atoms with Crippen molar-refractivity contribution in [2.24, 2.45) is 0 Å². The lowest BCUT2D eigenvalue weighted by Crippen LogP contribution is -2.35. The van der Waals surface area contributed by atoms with E-state index in [4.69, 9.17) is 4.74 Å². The first-order valence-corrected chi connectivity index (χ1v) is 6.70. The van der Waals surface area contributed by atoms with E-state index in [-0.39, 0.29) is 5.91 Å². The molecule has 0 aliphatic rings. The smallest absolute Gasteiger partial charge is 0.261 e. The Hall–Kier alpha value is -2.29. The van der Waals surface area contributed by atoms with E-state index < -0.39 is 6.10 Å². The molecule has 0 spiro atoms. The topological polar surface area (TPSA) is 38.3 Å². The summed E-state index contributed by atoms with van der Waals surface area (Å²) < 4.78 is 5.58. The Morgan fingerprint density at radius 2 is 1.90 bits per heavy atom. The zero-order valence-corrected chi connectivity index (χ0v) is 11.8. The molecule has 0 aliphatic heterocycles. The second kappa shape index (κ2) is 6.75. The van der Waals surface area contributed by atoms with E-state index >= 15 is 0 Å². The van der Waals surface area contributed by atoms with Gasteiger partial charge < -0.3 is 10.1 Å². The van der Waals surface area contributed by atoms with E-state index in [9.17, 15) is 4.79 Å². The van der Waals surface area contributed by atoms with Crippen LogP contribution >= 0.6 is 0 Å². The predicted octanol–water partition coefficient (Wildman–Crippen LogP) is 3.08. The molecule has 1 atom stereocenters. The Labute approximate surface area is 119 Å². The van der Waals surface area contributed by atoms with Crippen LogP contribution in [0, 0.1) is 6.92 Å². The molecular formula is C17H19NO2. The first-order valence-electron chi connectivity index (χ1n) is 6.70. The fraction of sp³-hybridized carbons (Fsp3) is 0.235. The highest BCUT2D eigenvalue weighted by molar-refractivity contribution is 5.80. The minimum atomic E-state index is -0.512. The van der Waals surface area contributed by atoms with Crippen LogP contribution in [0.25, 0.3) is 0 Å². The monoisotopic (exact) mass is 269 g/mol. The van der Waals surface area contributed by atoms with Crippen molar-refractivity contribution in [1.82, 2.24) is 5.32 Å². The summed E-state index contributed by atoms with van der Waals surface area (Å²) in [4.78, 5) is 12.0. The van der Waals surface area contributed by atoms with Crippen LogP contribution in [0.3, 0.4) is 0 Å². The number of carbonyl (C=O) groups is 1. The zero-order chi connectivity index (χ0) is 14.4. The van der Waals surface area contributed by atoms with Gasteiger partial charge in [-0.25, -0.2) is 0 Å². The van der Waals surface area contributed by atoms with Gasteiger partial charge in [-0.2, -0.15) is 0 Å². The van der Waals surface area contributed by atoms with E-state index in [1.807, 2.05) is 55.5 Å². The first-order chi connectivity index (χ1) is 9.65. The molecule has 2 rings (SSSR count). The number of aryl methyl sites for hydroxylation is 1. The number of amides is 1. The van der Waals surface area contributed by atoms with Gasteiger partial charge in [0, 0.05) is 6.54 Å². The number of ether oxygens (including phenoxy) is 1. The van der Waals surface area contributed by atoms with Crippen LogP contribution in [-0.2, 0) is 11.3 Å². The van der Waals surface area contributed by atoms with Crippen molar-refractivity contribution >= 4 is 5.91 Å². The van der Waals surface area contributed by atoms with Gasteiger partial charge in [-0.05, 0) is 31.5 Å². The SMILES string of the molecule is Cc1cccc(CNC(=O)C(C)Oc2ccccc2)c1. The first kappa shape index (κ1) is 14.1. The number of carbonyl (C=O) groups excluding carboxylic acids is 1. The van der Waals surface area contributed by atoms with Crippen molar-refractivity contribution in [2.75, 3.05) is 0 Å². The Bertz CT molecular complexity index is 566. The highest BCUT2D eigenvalue weighted by atomic mass is 16.5. The third kappa shape index (κ3) is 4.12. The Morgan fingerprint density at radius 3 is 2.60 bits per heavy atom. The maximum atomic E-state index is 12.0. The van der Waals surface area contributed by atoms with Crippen LogP contribution in [-0.4, -0.2) is 12.0 Å². The molecule has 0 bridgehead atoms. The summed E-state index contributed by atoms with van der Waals surface area (Å²) in [6, 6.07) is 17.4. The van der Waals surface area contributed by atoms with E-state index in [0.29, 0.717) is 12.3 Å². The van der Waals surface area contributed by atoms with Gasteiger partial charge in [0.1, 0.15) is 5.75 Å². The summed E-state index contributed by atoms with van der Waals surface area (Å²) in [5.74, 6) is 0.584. The number of hydrogen-bond donors (Lipinski definition) is 1. The summed E-state index contributed by atoms with van der Waals surface area (Å²) in [5, 5.41) is 2.88. The summed E-state index contributed by atoms with van der Waals surface area (Å²) >= 11 is 0. The van der Waals surface area contributed by atoms with Gasteiger partial charge in [-0.15, -0.1) is 0 Å². The molecule has 104 valence electrons. The molecular weight excluding hydrogens is 250 g/mol.